The molecule has 0 bridgehead atoms. The van der Waals surface area contributed by atoms with Crippen molar-refractivity contribution in [1.29, 1.82) is 0 Å². The van der Waals surface area contributed by atoms with Crippen LogP contribution in [0, 0.1) is 6.92 Å². The molecule has 0 saturated heterocycles. The van der Waals surface area contributed by atoms with Crippen molar-refractivity contribution < 1.29 is 0 Å². The summed E-state index contributed by atoms with van der Waals surface area (Å²) >= 11 is 0. The smallest absolute Gasteiger partial charge is 0.0548 e. The quantitative estimate of drug-likeness (QED) is 0.406. The summed E-state index contributed by atoms with van der Waals surface area (Å²) in [7, 11) is 0. The second-order valence-corrected chi connectivity index (χ2v) is 6.41. The molecule has 1 nitrogen and oxygen atoms in total. The molecule has 0 fully saturated rings. The van der Waals surface area contributed by atoms with Gasteiger partial charge in [-0.05, 0) is 36.8 Å². The number of rotatable bonds is 1. The van der Waals surface area contributed by atoms with Crippen molar-refractivity contribution in [3.63, 3.8) is 0 Å². The van der Waals surface area contributed by atoms with Gasteiger partial charge < -0.3 is 4.40 Å². The third-order valence-electron chi connectivity index (χ3n) is 4.81. The minimum atomic E-state index is 1.24. The molecule has 0 atom stereocenters. The number of benzene rings is 3. The van der Waals surface area contributed by atoms with Crippen molar-refractivity contribution in [2.45, 2.75) is 6.92 Å². The van der Waals surface area contributed by atoms with E-state index in [9.17, 15) is 0 Å². The summed E-state index contributed by atoms with van der Waals surface area (Å²) in [6.07, 6.45) is 2.30. The Hall–Kier alpha value is -3.06. The summed E-state index contributed by atoms with van der Waals surface area (Å²) in [5.41, 5.74) is 6.35. The first-order valence-electron chi connectivity index (χ1n) is 8.30. The van der Waals surface area contributed by atoms with Gasteiger partial charge in [-0.3, -0.25) is 0 Å². The molecule has 0 N–H and O–H groups in total. The fourth-order valence-electron chi connectivity index (χ4n) is 3.63. The van der Waals surface area contributed by atoms with E-state index in [0.717, 1.165) is 0 Å². The van der Waals surface area contributed by atoms with Gasteiger partial charge >= 0.3 is 0 Å². The van der Waals surface area contributed by atoms with Crippen LogP contribution in [0.15, 0.2) is 78.9 Å². The van der Waals surface area contributed by atoms with E-state index in [4.69, 9.17) is 0 Å². The zero-order chi connectivity index (χ0) is 16.1. The summed E-state index contributed by atoms with van der Waals surface area (Å²) in [6.45, 7) is 2.12. The molecular weight excluding hydrogens is 290 g/mol. The first-order chi connectivity index (χ1) is 11.8. The van der Waals surface area contributed by atoms with E-state index in [-0.39, 0.29) is 0 Å². The van der Waals surface area contributed by atoms with Crippen molar-refractivity contribution in [2.24, 2.45) is 0 Å². The highest BCUT2D eigenvalue weighted by Gasteiger charge is 2.10. The lowest BCUT2D eigenvalue weighted by Crippen LogP contribution is -1.98. The summed E-state index contributed by atoms with van der Waals surface area (Å²) in [4.78, 5) is 0. The molecule has 3 aromatic carbocycles. The van der Waals surface area contributed by atoms with Gasteiger partial charge in [0.05, 0.1) is 16.6 Å². The first kappa shape index (κ1) is 13.4. The first-order valence-corrected chi connectivity index (χ1v) is 8.30. The molecule has 0 radical (unpaired) electrons. The monoisotopic (exact) mass is 307 g/mol. The second kappa shape index (κ2) is 4.97. The highest BCUT2D eigenvalue weighted by Crippen LogP contribution is 2.24. The van der Waals surface area contributed by atoms with Gasteiger partial charge in [0.1, 0.15) is 0 Å². The van der Waals surface area contributed by atoms with Gasteiger partial charge in [0.15, 0.2) is 0 Å². The zero-order valence-electron chi connectivity index (χ0n) is 13.5. The van der Waals surface area contributed by atoms with E-state index in [2.05, 4.69) is 96.3 Å². The largest absolute Gasteiger partial charge is 0.309 e. The number of nitrogens with zero attached hydrogens (tertiary/aromatic N) is 1. The minimum absolute atomic E-state index is 1.24. The molecule has 0 saturated carbocycles. The maximum absolute atomic E-state index is 2.38. The number of hydrogen-bond donors (Lipinski definition) is 0. The van der Waals surface area contributed by atoms with Gasteiger partial charge in [-0.25, -0.2) is 0 Å². The van der Waals surface area contributed by atoms with E-state index < -0.39 is 0 Å². The van der Waals surface area contributed by atoms with Crippen LogP contribution in [0.2, 0.25) is 0 Å². The molecular formula is C23H17N. The zero-order valence-corrected chi connectivity index (χ0v) is 13.5. The van der Waals surface area contributed by atoms with Gasteiger partial charge in [-0.15, -0.1) is 0 Å². The van der Waals surface area contributed by atoms with Crippen LogP contribution in [0.25, 0.3) is 33.4 Å². The number of hydrogen-bond acceptors (Lipinski definition) is 0. The van der Waals surface area contributed by atoms with Crippen LogP contribution in [0.3, 0.4) is 0 Å². The third kappa shape index (κ3) is 1.88. The Balaban J connectivity index is 1.97. The Bertz CT molecular complexity index is 1240. The minimum Gasteiger partial charge on any atom is -0.309 e. The maximum atomic E-state index is 2.38. The highest BCUT2D eigenvalue weighted by atomic mass is 14.9. The standard InChI is InChI=1S/C23H17N/c1-16-10-12-17(13-11-16)14-20-19-7-3-5-9-22(19)24-21-8-4-2-6-18(21)15-23(20)24/h2-15H,1H3/b20-14-. The molecule has 0 aliphatic carbocycles. The maximum Gasteiger partial charge on any atom is 0.0548 e. The van der Waals surface area contributed by atoms with E-state index in [0.29, 0.717) is 0 Å². The summed E-state index contributed by atoms with van der Waals surface area (Å²) < 4.78 is 2.38. The van der Waals surface area contributed by atoms with Crippen LogP contribution in [0.1, 0.15) is 11.1 Å². The lowest BCUT2D eigenvalue weighted by Gasteiger charge is -1.95. The van der Waals surface area contributed by atoms with E-state index in [1.165, 1.54) is 43.7 Å². The predicted molar refractivity (Wildman–Crippen MR) is 102 cm³/mol. The van der Waals surface area contributed by atoms with Crippen molar-refractivity contribution in [3.05, 3.63) is 95.2 Å². The molecule has 0 spiro atoms. The Kier molecular flexibility index (Phi) is 2.77. The lowest BCUT2D eigenvalue weighted by molar-refractivity contribution is 1.36. The molecule has 5 rings (SSSR count). The molecule has 2 aromatic heterocycles. The average Bonchev–Trinajstić information content (AvgIpc) is 3.13. The number of aromatic nitrogens is 1. The van der Waals surface area contributed by atoms with Crippen LogP contribution in [-0.4, -0.2) is 4.40 Å². The topological polar surface area (TPSA) is 4.41 Å². The lowest BCUT2D eigenvalue weighted by atomic mass is 10.1. The fraction of sp³-hybridized carbons (Fsp3) is 0.0435. The van der Waals surface area contributed by atoms with Crippen LogP contribution < -0.4 is 5.22 Å². The van der Waals surface area contributed by atoms with Gasteiger partial charge in [0.2, 0.25) is 0 Å². The Morgan fingerprint density at radius 3 is 2.25 bits per heavy atom. The van der Waals surface area contributed by atoms with Crippen LogP contribution in [-0.2, 0) is 0 Å². The molecule has 0 aliphatic heterocycles. The predicted octanol–water partition coefficient (Wildman–Crippen LogP) is 5.10. The van der Waals surface area contributed by atoms with Crippen LogP contribution >= 0.6 is 0 Å². The van der Waals surface area contributed by atoms with Crippen LogP contribution in [0.5, 0.6) is 0 Å². The molecule has 5 aromatic rings. The molecule has 114 valence electrons. The molecule has 2 heterocycles. The average molecular weight is 307 g/mol. The van der Waals surface area contributed by atoms with Crippen molar-refractivity contribution in [2.75, 3.05) is 0 Å². The summed E-state index contributed by atoms with van der Waals surface area (Å²) in [5.74, 6) is 0. The molecule has 24 heavy (non-hydrogen) atoms. The number of fused-ring (bicyclic) bond motifs is 5. The van der Waals surface area contributed by atoms with Gasteiger partial charge in [-0.2, -0.15) is 0 Å². The van der Waals surface area contributed by atoms with E-state index in [1.807, 2.05) is 0 Å². The molecule has 0 unspecified atom stereocenters. The van der Waals surface area contributed by atoms with Crippen molar-refractivity contribution in [3.8, 4) is 0 Å². The Morgan fingerprint density at radius 1 is 0.708 bits per heavy atom. The van der Waals surface area contributed by atoms with Crippen molar-refractivity contribution >= 4 is 33.4 Å². The molecule has 0 amide bonds. The van der Waals surface area contributed by atoms with Gasteiger partial charge in [0, 0.05) is 16.0 Å². The summed E-state index contributed by atoms with van der Waals surface area (Å²) in [6, 6.07) is 28.3. The normalized spacial score (nSPS) is 12.6. The van der Waals surface area contributed by atoms with Crippen molar-refractivity contribution in [1.82, 2.24) is 4.40 Å². The van der Waals surface area contributed by atoms with Gasteiger partial charge in [0.25, 0.3) is 0 Å². The van der Waals surface area contributed by atoms with E-state index in [1.54, 1.807) is 0 Å². The summed E-state index contributed by atoms with van der Waals surface area (Å²) in [5, 5.41) is 3.89. The molecule has 1 heteroatoms. The Labute approximate surface area is 140 Å². The Morgan fingerprint density at radius 2 is 1.42 bits per heavy atom. The fourth-order valence-corrected chi connectivity index (χ4v) is 3.63. The SMILES string of the molecule is Cc1ccc(/C=c2/c3ccccc3n3c2cc2ccccc23)cc1. The highest BCUT2D eigenvalue weighted by molar-refractivity contribution is 5.99. The number of para-hydroxylation sites is 2. The van der Waals surface area contributed by atoms with E-state index >= 15 is 0 Å². The second-order valence-electron chi connectivity index (χ2n) is 6.41. The molecule has 0 aliphatic rings. The third-order valence-corrected chi connectivity index (χ3v) is 4.81. The van der Waals surface area contributed by atoms with Gasteiger partial charge in [-0.1, -0.05) is 66.2 Å². The van der Waals surface area contributed by atoms with Crippen LogP contribution in [0.4, 0.5) is 0 Å². The number of aryl methyl sites for hydroxylation is 1.